The van der Waals surface area contributed by atoms with E-state index < -0.39 is 0 Å². The van der Waals surface area contributed by atoms with Crippen LogP contribution in [0, 0.1) is 18.8 Å². The van der Waals surface area contributed by atoms with Crippen LogP contribution < -0.4 is 4.90 Å². The van der Waals surface area contributed by atoms with Gasteiger partial charge in [0.05, 0.1) is 0 Å². The molecule has 96 valence electrons. The Labute approximate surface area is 109 Å². The molecule has 1 aliphatic carbocycles. The van der Waals surface area contributed by atoms with Gasteiger partial charge in [0.15, 0.2) is 0 Å². The predicted molar refractivity (Wildman–Crippen MR) is 72.8 cm³/mol. The second kappa shape index (κ2) is 3.95. The molecule has 1 saturated carbocycles. The van der Waals surface area contributed by atoms with Crippen molar-refractivity contribution >= 4 is 5.82 Å². The molecule has 3 heteroatoms. The van der Waals surface area contributed by atoms with Gasteiger partial charge in [-0.15, -0.1) is 0 Å². The average Bonchev–Trinajstić information content (AvgIpc) is 3.00. The molecule has 3 aliphatic rings. The number of likely N-dealkylation sites (tertiary alicyclic amines) is 1. The maximum Gasteiger partial charge on any atom is 0.128 e. The Morgan fingerprint density at radius 1 is 1.11 bits per heavy atom. The summed E-state index contributed by atoms with van der Waals surface area (Å²) in [6.07, 6.45) is 4.83. The zero-order valence-electron chi connectivity index (χ0n) is 11.0. The van der Waals surface area contributed by atoms with E-state index in [4.69, 9.17) is 0 Å². The van der Waals surface area contributed by atoms with E-state index >= 15 is 0 Å². The van der Waals surface area contributed by atoms with E-state index in [-0.39, 0.29) is 0 Å². The van der Waals surface area contributed by atoms with Gasteiger partial charge in [-0.2, -0.15) is 0 Å². The zero-order valence-corrected chi connectivity index (χ0v) is 11.0. The summed E-state index contributed by atoms with van der Waals surface area (Å²) in [5, 5.41) is 0. The lowest BCUT2D eigenvalue weighted by molar-refractivity contribution is 0.306. The molecule has 0 aromatic carbocycles. The summed E-state index contributed by atoms with van der Waals surface area (Å²) < 4.78 is 0. The molecule has 0 spiro atoms. The van der Waals surface area contributed by atoms with Crippen molar-refractivity contribution in [2.24, 2.45) is 11.8 Å². The van der Waals surface area contributed by atoms with Crippen LogP contribution in [0.25, 0.3) is 0 Å². The summed E-state index contributed by atoms with van der Waals surface area (Å²) in [6.45, 7) is 7.24. The molecule has 3 heterocycles. The minimum atomic E-state index is 0.882. The Bertz CT molecular complexity index is 441. The van der Waals surface area contributed by atoms with Gasteiger partial charge < -0.3 is 4.90 Å². The fourth-order valence-corrected chi connectivity index (χ4v) is 3.65. The van der Waals surface area contributed by atoms with Crippen LogP contribution in [0.3, 0.4) is 0 Å². The third kappa shape index (κ3) is 1.81. The van der Waals surface area contributed by atoms with E-state index in [1.807, 2.05) is 6.20 Å². The summed E-state index contributed by atoms with van der Waals surface area (Å²) in [4.78, 5) is 9.75. The van der Waals surface area contributed by atoms with Crippen LogP contribution in [0.5, 0.6) is 0 Å². The largest absolute Gasteiger partial charge is 0.356 e. The molecule has 0 N–H and O–H groups in total. The van der Waals surface area contributed by atoms with Crippen molar-refractivity contribution in [3.8, 4) is 0 Å². The number of fused-ring (bicyclic) bond motifs is 1. The number of hydrogen-bond donors (Lipinski definition) is 0. The van der Waals surface area contributed by atoms with Gasteiger partial charge in [-0.05, 0) is 49.3 Å². The summed E-state index contributed by atoms with van der Waals surface area (Å²) in [7, 11) is 0. The van der Waals surface area contributed by atoms with Gasteiger partial charge in [0.1, 0.15) is 5.82 Å². The van der Waals surface area contributed by atoms with Crippen molar-refractivity contribution in [3.05, 3.63) is 23.9 Å². The number of nitrogens with zero attached hydrogens (tertiary/aromatic N) is 3. The second-order valence-corrected chi connectivity index (χ2v) is 6.30. The van der Waals surface area contributed by atoms with Gasteiger partial charge in [-0.3, -0.25) is 4.90 Å². The molecule has 0 bridgehead atoms. The minimum absolute atomic E-state index is 0.882. The first-order valence-corrected chi connectivity index (χ1v) is 7.21. The highest BCUT2D eigenvalue weighted by Crippen LogP contribution is 2.38. The standard InChI is InChI=1S/C15H21N3/c1-11-4-5-16-15(6-11)18-9-12-7-17(14-2-3-14)8-13(12)10-18/h4-6,12-14H,2-3,7-10H2,1H3. The first-order chi connectivity index (χ1) is 8.79. The van der Waals surface area contributed by atoms with Crippen molar-refractivity contribution in [2.45, 2.75) is 25.8 Å². The summed E-state index contributed by atoms with van der Waals surface area (Å²) in [6, 6.07) is 5.25. The lowest BCUT2D eigenvalue weighted by Gasteiger charge is -2.22. The Morgan fingerprint density at radius 3 is 2.44 bits per heavy atom. The monoisotopic (exact) mass is 243 g/mol. The van der Waals surface area contributed by atoms with Gasteiger partial charge in [-0.1, -0.05) is 0 Å². The molecule has 2 unspecified atom stereocenters. The van der Waals surface area contributed by atoms with E-state index in [1.165, 1.54) is 50.4 Å². The molecule has 3 nitrogen and oxygen atoms in total. The van der Waals surface area contributed by atoms with Crippen LogP contribution in [0.1, 0.15) is 18.4 Å². The third-order valence-corrected chi connectivity index (χ3v) is 4.80. The van der Waals surface area contributed by atoms with Crippen molar-refractivity contribution in [3.63, 3.8) is 0 Å². The maximum absolute atomic E-state index is 4.53. The van der Waals surface area contributed by atoms with Gasteiger partial charge in [0.2, 0.25) is 0 Å². The number of aromatic nitrogens is 1. The first kappa shape index (κ1) is 10.8. The number of pyridine rings is 1. The number of rotatable bonds is 2. The fraction of sp³-hybridized carbons (Fsp3) is 0.667. The van der Waals surface area contributed by atoms with Gasteiger partial charge in [-0.25, -0.2) is 4.98 Å². The van der Waals surface area contributed by atoms with Crippen LogP contribution in [0.4, 0.5) is 5.82 Å². The van der Waals surface area contributed by atoms with Gasteiger partial charge in [0, 0.05) is 38.4 Å². The van der Waals surface area contributed by atoms with Crippen molar-refractivity contribution in [1.82, 2.24) is 9.88 Å². The molecule has 4 rings (SSSR count). The molecular weight excluding hydrogens is 222 g/mol. The van der Waals surface area contributed by atoms with Crippen LogP contribution >= 0.6 is 0 Å². The molecule has 2 atom stereocenters. The smallest absolute Gasteiger partial charge is 0.128 e. The third-order valence-electron chi connectivity index (χ3n) is 4.80. The normalized spacial score (nSPS) is 31.9. The molecule has 1 aromatic heterocycles. The van der Waals surface area contributed by atoms with E-state index in [0.29, 0.717) is 0 Å². The van der Waals surface area contributed by atoms with Crippen molar-refractivity contribution < 1.29 is 0 Å². The van der Waals surface area contributed by atoms with E-state index in [2.05, 4.69) is 33.8 Å². The summed E-state index contributed by atoms with van der Waals surface area (Å²) in [5.41, 5.74) is 1.32. The van der Waals surface area contributed by atoms with Crippen molar-refractivity contribution in [1.29, 1.82) is 0 Å². The van der Waals surface area contributed by atoms with E-state index in [9.17, 15) is 0 Å². The predicted octanol–water partition coefficient (Wildman–Crippen LogP) is 1.92. The Hall–Kier alpha value is -1.09. The van der Waals surface area contributed by atoms with Crippen LogP contribution in [-0.2, 0) is 0 Å². The molecule has 18 heavy (non-hydrogen) atoms. The van der Waals surface area contributed by atoms with E-state index in [0.717, 1.165) is 17.9 Å². The summed E-state index contributed by atoms with van der Waals surface area (Å²) >= 11 is 0. The fourth-order valence-electron chi connectivity index (χ4n) is 3.65. The molecule has 3 fully saturated rings. The average molecular weight is 243 g/mol. The molecule has 2 saturated heterocycles. The van der Waals surface area contributed by atoms with E-state index in [1.54, 1.807) is 0 Å². The molecule has 0 radical (unpaired) electrons. The SMILES string of the molecule is Cc1ccnc(N2CC3CN(C4CC4)CC3C2)c1. The van der Waals surface area contributed by atoms with Crippen LogP contribution in [-0.4, -0.2) is 42.1 Å². The summed E-state index contributed by atoms with van der Waals surface area (Å²) in [5.74, 6) is 2.95. The highest BCUT2D eigenvalue weighted by molar-refractivity contribution is 5.42. The highest BCUT2D eigenvalue weighted by Gasteiger charge is 2.44. The lowest BCUT2D eigenvalue weighted by atomic mass is 10.0. The topological polar surface area (TPSA) is 19.4 Å². The Balaban J connectivity index is 1.46. The number of aryl methyl sites for hydroxylation is 1. The first-order valence-electron chi connectivity index (χ1n) is 7.21. The molecule has 0 amide bonds. The quantitative estimate of drug-likeness (QED) is 0.791. The molecular formula is C15H21N3. The van der Waals surface area contributed by atoms with Crippen molar-refractivity contribution in [2.75, 3.05) is 31.1 Å². The van der Waals surface area contributed by atoms with Crippen LogP contribution in [0.2, 0.25) is 0 Å². The molecule has 1 aromatic rings. The maximum atomic E-state index is 4.53. The van der Waals surface area contributed by atoms with Crippen LogP contribution in [0.15, 0.2) is 18.3 Å². The Morgan fingerprint density at radius 2 is 1.83 bits per heavy atom. The lowest BCUT2D eigenvalue weighted by Crippen LogP contribution is -2.30. The van der Waals surface area contributed by atoms with Gasteiger partial charge in [0.25, 0.3) is 0 Å². The van der Waals surface area contributed by atoms with Gasteiger partial charge >= 0.3 is 0 Å². The second-order valence-electron chi connectivity index (χ2n) is 6.30. The number of anilines is 1. The minimum Gasteiger partial charge on any atom is -0.356 e. The number of hydrogen-bond acceptors (Lipinski definition) is 3. The Kier molecular flexibility index (Phi) is 2.37. The molecule has 2 aliphatic heterocycles. The zero-order chi connectivity index (χ0) is 12.1. The highest BCUT2D eigenvalue weighted by atomic mass is 15.3.